The minimum atomic E-state index is 0.670. The molecule has 0 aliphatic carbocycles. The zero-order valence-corrected chi connectivity index (χ0v) is 8.59. The average molecular weight is 177 g/mol. The lowest BCUT2D eigenvalue weighted by Crippen LogP contribution is -1.86. The molecule has 1 rings (SSSR count). The van der Waals surface area contributed by atoms with Crippen molar-refractivity contribution in [1.29, 1.82) is 5.26 Å². The first kappa shape index (κ1) is 11.5. The maximum atomic E-state index is 8.53. The molecule has 1 aromatic rings. The quantitative estimate of drug-likeness (QED) is 0.660. The van der Waals surface area contributed by atoms with E-state index in [0.717, 1.165) is 11.3 Å². The van der Waals surface area contributed by atoms with Crippen molar-refractivity contribution in [3.05, 3.63) is 29.3 Å². The van der Waals surface area contributed by atoms with Crippen LogP contribution in [0.1, 0.15) is 25.0 Å². The van der Waals surface area contributed by atoms with E-state index in [4.69, 9.17) is 10.00 Å². The molecule has 0 aliphatic rings. The Morgan fingerprint density at radius 2 is 1.92 bits per heavy atom. The van der Waals surface area contributed by atoms with Gasteiger partial charge in [0, 0.05) is 0 Å². The molecule has 2 nitrogen and oxygen atoms in total. The smallest absolute Gasteiger partial charge is 0.121 e. The van der Waals surface area contributed by atoms with E-state index in [-0.39, 0.29) is 0 Å². The minimum absolute atomic E-state index is 0.670. The normalized spacial score (nSPS) is 7.92. The van der Waals surface area contributed by atoms with Crippen molar-refractivity contribution in [1.82, 2.24) is 0 Å². The third kappa shape index (κ3) is 3.16. The van der Waals surface area contributed by atoms with Crippen LogP contribution >= 0.6 is 0 Å². The topological polar surface area (TPSA) is 33.0 Å². The summed E-state index contributed by atoms with van der Waals surface area (Å²) in [5, 5.41) is 8.53. The van der Waals surface area contributed by atoms with E-state index in [0.29, 0.717) is 5.56 Å². The van der Waals surface area contributed by atoms with Crippen LogP contribution in [0.5, 0.6) is 5.75 Å². The van der Waals surface area contributed by atoms with Gasteiger partial charge in [0.25, 0.3) is 0 Å². The molecule has 0 spiro atoms. The Morgan fingerprint density at radius 1 is 1.31 bits per heavy atom. The van der Waals surface area contributed by atoms with E-state index in [9.17, 15) is 0 Å². The lowest BCUT2D eigenvalue weighted by atomic mass is 10.1. The van der Waals surface area contributed by atoms with Gasteiger partial charge in [-0.05, 0) is 30.7 Å². The van der Waals surface area contributed by atoms with E-state index in [1.54, 1.807) is 25.3 Å². The maximum absolute atomic E-state index is 8.53. The van der Waals surface area contributed by atoms with Crippen LogP contribution in [0.15, 0.2) is 18.2 Å². The van der Waals surface area contributed by atoms with Gasteiger partial charge in [-0.25, -0.2) is 0 Å². The van der Waals surface area contributed by atoms with Gasteiger partial charge >= 0.3 is 0 Å². The largest absolute Gasteiger partial charge is 0.496 e. The van der Waals surface area contributed by atoms with Crippen molar-refractivity contribution >= 4 is 0 Å². The van der Waals surface area contributed by atoms with Crippen molar-refractivity contribution < 1.29 is 4.74 Å². The number of hydrogen-bond donors (Lipinski definition) is 0. The summed E-state index contributed by atoms with van der Waals surface area (Å²) in [7, 11) is 1.62. The van der Waals surface area contributed by atoms with Gasteiger partial charge in [0.05, 0.1) is 18.7 Å². The molecule has 0 saturated heterocycles. The minimum Gasteiger partial charge on any atom is -0.496 e. The number of aryl methyl sites for hydroxylation is 1. The number of methoxy groups -OCH3 is 1. The predicted octanol–water partition coefficient (Wildman–Crippen LogP) is 2.90. The van der Waals surface area contributed by atoms with E-state index < -0.39 is 0 Å². The molecule has 0 unspecified atom stereocenters. The molecule has 0 amide bonds. The van der Waals surface area contributed by atoms with Crippen LogP contribution in [0.3, 0.4) is 0 Å². The average Bonchev–Trinajstić information content (AvgIpc) is 2.20. The lowest BCUT2D eigenvalue weighted by molar-refractivity contribution is 0.411. The first-order chi connectivity index (χ1) is 6.27. The number of hydrogen-bond acceptors (Lipinski definition) is 2. The number of nitriles is 1. The first-order valence-corrected chi connectivity index (χ1v) is 4.32. The summed E-state index contributed by atoms with van der Waals surface area (Å²) < 4.78 is 5.04. The highest BCUT2D eigenvalue weighted by Gasteiger charge is 1.97. The first-order valence-electron chi connectivity index (χ1n) is 4.32. The standard InChI is InChI=1S/C9H9NO.C2H6/c1-7-5-8(6-10)3-4-9(7)11-2;1-2/h3-5H,1-2H3;1-2H3. The van der Waals surface area contributed by atoms with Crippen LogP contribution in [0.4, 0.5) is 0 Å². The Morgan fingerprint density at radius 3 is 2.31 bits per heavy atom. The van der Waals surface area contributed by atoms with Crippen LogP contribution in [0, 0.1) is 18.3 Å². The summed E-state index contributed by atoms with van der Waals surface area (Å²) in [5.41, 5.74) is 1.66. The summed E-state index contributed by atoms with van der Waals surface area (Å²) in [6.45, 7) is 5.92. The Kier molecular flexibility index (Phi) is 5.38. The fraction of sp³-hybridized carbons (Fsp3) is 0.364. The Labute approximate surface area is 79.8 Å². The van der Waals surface area contributed by atoms with E-state index in [1.807, 2.05) is 20.8 Å². The van der Waals surface area contributed by atoms with Gasteiger partial charge in [0.15, 0.2) is 0 Å². The molecular weight excluding hydrogens is 162 g/mol. The van der Waals surface area contributed by atoms with Crippen molar-refractivity contribution in [2.45, 2.75) is 20.8 Å². The van der Waals surface area contributed by atoms with Crippen LogP contribution < -0.4 is 4.74 Å². The van der Waals surface area contributed by atoms with Crippen LogP contribution in [0.25, 0.3) is 0 Å². The maximum Gasteiger partial charge on any atom is 0.121 e. The second-order valence-electron chi connectivity index (χ2n) is 2.30. The second kappa shape index (κ2) is 6.07. The monoisotopic (exact) mass is 177 g/mol. The molecule has 1 aromatic carbocycles. The summed E-state index contributed by atoms with van der Waals surface area (Å²) in [6.07, 6.45) is 0. The van der Waals surface area contributed by atoms with E-state index in [2.05, 4.69) is 6.07 Å². The van der Waals surface area contributed by atoms with Gasteiger partial charge in [-0.1, -0.05) is 13.8 Å². The van der Waals surface area contributed by atoms with Crippen LogP contribution in [0.2, 0.25) is 0 Å². The number of nitrogens with zero attached hydrogens (tertiary/aromatic N) is 1. The van der Waals surface area contributed by atoms with E-state index in [1.165, 1.54) is 0 Å². The molecule has 2 heteroatoms. The van der Waals surface area contributed by atoms with Gasteiger partial charge in [0.1, 0.15) is 5.75 Å². The van der Waals surface area contributed by atoms with Crippen LogP contribution in [-0.4, -0.2) is 7.11 Å². The third-order valence-electron chi connectivity index (χ3n) is 1.52. The van der Waals surface area contributed by atoms with Gasteiger partial charge in [-0.2, -0.15) is 5.26 Å². The summed E-state index contributed by atoms with van der Waals surface area (Å²) >= 11 is 0. The summed E-state index contributed by atoms with van der Waals surface area (Å²) in [4.78, 5) is 0. The molecule has 0 aliphatic heterocycles. The molecule has 0 radical (unpaired) electrons. The van der Waals surface area contributed by atoms with Gasteiger partial charge in [0.2, 0.25) is 0 Å². The summed E-state index contributed by atoms with van der Waals surface area (Å²) in [6, 6.07) is 7.41. The Balaban J connectivity index is 0.000000671. The highest BCUT2D eigenvalue weighted by Crippen LogP contribution is 2.17. The second-order valence-corrected chi connectivity index (χ2v) is 2.30. The number of benzene rings is 1. The fourth-order valence-electron chi connectivity index (χ4n) is 0.948. The molecule has 0 fully saturated rings. The molecular formula is C11H15NO. The molecule has 0 aromatic heterocycles. The zero-order valence-electron chi connectivity index (χ0n) is 8.59. The van der Waals surface area contributed by atoms with Crippen molar-refractivity contribution in [2.75, 3.05) is 7.11 Å². The SMILES string of the molecule is CC.COc1ccc(C#N)cc1C. The van der Waals surface area contributed by atoms with Gasteiger partial charge in [-0.3, -0.25) is 0 Å². The number of ether oxygens (including phenoxy) is 1. The molecule has 0 atom stereocenters. The van der Waals surface area contributed by atoms with Gasteiger partial charge < -0.3 is 4.74 Å². The van der Waals surface area contributed by atoms with Crippen molar-refractivity contribution in [3.63, 3.8) is 0 Å². The zero-order chi connectivity index (χ0) is 10.3. The number of rotatable bonds is 1. The highest BCUT2D eigenvalue weighted by molar-refractivity contribution is 5.40. The van der Waals surface area contributed by atoms with Crippen molar-refractivity contribution in [2.24, 2.45) is 0 Å². The predicted molar refractivity (Wildman–Crippen MR) is 53.8 cm³/mol. The molecule has 70 valence electrons. The van der Waals surface area contributed by atoms with Crippen molar-refractivity contribution in [3.8, 4) is 11.8 Å². The molecule has 0 saturated carbocycles. The van der Waals surface area contributed by atoms with Crippen LogP contribution in [-0.2, 0) is 0 Å². The molecule has 0 N–H and O–H groups in total. The molecule has 13 heavy (non-hydrogen) atoms. The van der Waals surface area contributed by atoms with Gasteiger partial charge in [-0.15, -0.1) is 0 Å². The van der Waals surface area contributed by atoms with E-state index >= 15 is 0 Å². The summed E-state index contributed by atoms with van der Waals surface area (Å²) in [5.74, 6) is 0.823. The fourth-order valence-corrected chi connectivity index (χ4v) is 0.948. The third-order valence-corrected chi connectivity index (χ3v) is 1.52. The lowest BCUT2D eigenvalue weighted by Gasteiger charge is -2.02. The molecule has 0 bridgehead atoms. The molecule has 0 heterocycles. The Hall–Kier alpha value is -1.49. The highest BCUT2D eigenvalue weighted by atomic mass is 16.5. The Bertz CT molecular complexity index is 299.